The molecule has 17 heavy (non-hydrogen) atoms. The van der Waals surface area contributed by atoms with Gasteiger partial charge < -0.3 is 0 Å². The van der Waals surface area contributed by atoms with Crippen molar-refractivity contribution in [2.75, 3.05) is 0 Å². The maximum atomic E-state index is 6.14. The van der Waals surface area contributed by atoms with Crippen molar-refractivity contribution in [3.8, 4) is 11.1 Å². The van der Waals surface area contributed by atoms with Crippen LogP contribution in [0.15, 0.2) is 36.4 Å². The average molecular weight is 306 g/mol. The Morgan fingerprint density at radius 1 is 0.824 bits per heavy atom. The number of halogens is 4. The summed E-state index contributed by atoms with van der Waals surface area (Å²) >= 11 is 24.0. The second-order valence-corrected chi connectivity index (χ2v) is 5.15. The van der Waals surface area contributed by atoms with Crippen molar-refractivity contribution >= 4 is 46.4 Å². The van der Waals surface area contributed by atoms with Gasteiger partial charge in [0.1, 0.15) is 0 Å². The third-order valence-electron chi connectivity index (χ3n) is 2.35. The van der Waals surface area contributed by atoms with E-state index in [-0.39, 0.29) is 0 Å². The van der Waals surface area contributed by atoms with Crippen molar-refractivity contribution < 1.29 is 0 Å². The molecular formula is C13H8Cl4. The summed E-state index contributed by atoms with van der Waals surface area (Å²) in [5.74, 6) is 0.408. The molecule has 0 unspecified atom stereocenters. The van der Waals surface area contributed by atoms with Crippen LogP contribution >= 0.6 is 46.4 Å². The minimum atomic E-state index is 0.408. The molecule has 0 atom stereocenters. The normalized spacial score (nSPS) is 10.6. The molecular weight excluding hydrogens is 298 g/mol. The molecule has 2 aromatic rings. The Labute approximate surface area is 120 Å². The maximum Gasteiger partial charge on any atom is 0.0485 e. The predicted molar refractivity (Wildman–Crippen MR) is 76.5 cm³/mol. The van der Waals surface area contributed by atoms with Crippen LogP contribution in [0.4, 0.5) is 0 Å². The zero-order valence-electron chi connectivity index (χ0n) is 8.68. The van der Waals surface area contributed by atoms with E-state index in [1.54, 1.807) is 12.1 Å². The first-order valence-electron chi connectivity index (χ1n) is 4.91. The van der Waals surface area contributed by atoms with Crippen molar-refractivity contribution in [1.29, 1.82) is 0 Å². The fraction of sp³-hybridized carbons (Fsp3) is 0.0769. The summed E-state index contributed by atoms with van der Waals surface area (Å²) in [6.45, 7) is 0. The second kappa shape index (κ2) is 5.49. The van der Waals surface area contributed by atoms with E-state index < -0.39 is 0 Å². The lowest BCUT2D eigenvalue weighted by Crippen LogP contribution is -1.84. The molecule has 88 valence electrons. The van der Waals surface area contributed by atoms with Crippen LogP contribution in [0.2, 0.25) is 15.1 Å². The molecule has 0 radical (unpaired) electrons. The number of alkyl halides is 1. The molecule has 0 amide bonds. The highest BCUT2D eigenvalue weighted by Gasteiger charge is 2.07. The largest absolute Gasteiger partial charge is 0.122 e. The van der Waals surface area contributed by atoms with Gasteiger partial charge in [-0.25, -0.2) is 0 Å². The first-order chi connectivity index (χ1) is 8.10. The van der Waals surface area contributed by atoms with Gasteiger partial charge in [-0.2, -0.15) is 0 Å². The maximum absolute atomic E-state index is 6.14. The molecule has 0 saturated heterocycles. The van der Waals surface area contributed by atoms with Gasteiger partial charge in [-0.15, -0.1) is 11.6 Å². The van der Waals surface area contributed by atoms with Crippen molar-refractivity contribution in [2.45, 2.75) is 5.88 Å². The fourth-order valence-electron chi connectivity index (χ4n) is 1.60. The molecule has 0 N–H and O–H groups in total. The summed E-state index contributed by atoms with van der Waals surface area (Å²) in [4.78, 5) is 0. The lowest BCUT2D eigenvalue weighted by Gasteiger charge is -2.07. The fourth-order valence-corrected chi connectivity index (χ4v) is 2.41. The first-order valence-corrected chi connectivity index (χ1v) is 6.58. The Hall–Kier alpha value is -0.400. The van der Waals surface area contributed by atoms with Crippen LogP contribution in [0.5, 0.6) is 0 Å². The molecule has 0 aliphatic carbocycles. The van der Waals surface area contributed by atoms with E-state index in [0.29, 0.717) is 20.9 Å². The average Bonchev–Trinajstić information content (AvgIpc) is 2.31. The van der Waals surface area contributed by atoms with Gasteiger partial charge in [0.05, 0.1) is 0 Å². The Morgan fingerprint density at radius 3 is 2.29 bits per heavy atom. The highest BCUT2D eigenvalue weighted by molar-refractivity contribution is 6.35. The van der Waals surface area contributed by atoms with Gasteiger partial charge in [-0.3, -0.25) is 0 Å². The van der Waals surface area contributed by atoms with Crippen LogP contribution in [0, 0.1) is 0 Å². The molecule has 0 heterocycles. The third kappa shape index (κ3) is 3.08. The van der Waals surface area contributed by atoms with Crippen LogP contribution < -0.4 is 0 Å². The van der Waals surface area contributed by atoms with Crippen LogP contribution in [-0.2, 0) is 5.88 Å². The lowest BCUT2D eigenvalue weighted by atomic mass is 10.0. The van der Waals surface area contributed by atoms with Crippen molar-refractivity contribution in [3.63, 3.8) is 0 Å². The molecule has 0 spiro atoms. The Bertz CT molecular complexity index is 549. The highest BCUT2D eigenvalue weighted by Crippen LogP contribution is 2.33. The molecule has 4 heteroatoms. The van der Waals surface area contributed by atoms with Crippen LogP contribution in [0.3, 0.4) is 0 Å². The van der Waals surface area contributed by atoms with Crippen LogP contribution in [0.25, 0.3) is 11.1 Å². The number of hydrogen-bond donors (Lipinski definition) is 0. The molecule has 0 bridgehead atoms. The predicted octanol–water partition coefficient (Wildman–Crippen LogP) is 6.05. The lowest BCUT2D eigenvalue weighted by molar-refractivity contribution is 1.40. The van der Waals surface area contributed by atoms with E-state index in [4.69, 9.17) is 46.4 Å². The second-order valence-electron chi connectivity index (χ2n) is 3.61. The van der Waals surface area contributed by atoms with Gasteiger partial charge in [0.15, 0.2) is 0 Å². The number of hydrogen-bond acceptors (Lipinski definition) is 0. The summed E-state index contributed by atoms with van der Waals surface area (Å²) in [5, 5.41) is 1.91. The minimum Gasteiger partial charge on any atom is -0.122 e. The summed E-state index contributed by atoms with van der Waals surface area (Å²) in [6, 6.07) is 11.0. The summed E-state index contributed by atoms with van der Waals surface area (Å²) < 4.78 is 0. The smallest absolute Gasteiger partial charge is 0.0485 e. The van der Waals surface area contributed by atoms with Crippen molar-refractivity contribution in [2.24, 2.45) is 0 Å². The Morgan fingerprint density at radius 2 is 1.59 bits per heavy atom. The van der Waals surface area contributed by atoms with Gasteiger partial charge in [-0.05, 0) is 47.5 Å². The van der Waals surface area contributed by atoms with Crippen molar-refractivity contribution in [1.82, 2.24) is 0 Å². The van der Waals surface area contributed by atoms with E-state index in [0.717, 1.165) is 16.7 Å². The molecule has 0 aliphatic heterocycles. The molecule has 2 rings (SSSR count). The minimum absolute atomic E-state index is 0.408. The van der Waals surface area contributed by atoms with Crippen LogP contribution in [0.1, 0.15) is 5.56 Å². The number of rotatable bonds is 2. The number of benzene rings is 2. The zero-order valence-corrected chi connectivity index (χ0v) is 11.7. The SMILES string of the molecule is ClCc1cc(Cl)cc(-c2cc(Cl)ccc2Cl)c1. The Balaban J connectivity index is 2.59. The molecule has 0 aromatic heterocycles. The monoisotopic (exact) mass is 304 g/mol. The summed E-state index contributed by atoms with van der Waals surface area (Å²) in [5.41, 5.74) is 2.72. The highest BCUT2D eigenvalue weighted by atomic mass is 35.5. The third-order valence-corrected chi connectivity index (χ3v) is 3.44. The molecule has 0 nitrogen and oxygen atoms in total. The van der Waals surface area contributed by atoms with Gasteiger partial charge in [0, 0.05) is 26.5 Å². The van der Waals surface area contributed by atoms with E-state index in [1.807, 2.05) is 24.3 Å². The van der Waals surface area contributed by atoms with Gasteiger partial charge >= 0.3 is 0 Å². The zero-order chi connectivity index (χ0) is 12.4. The quantitative estimate of drug-likeness (QED) is 0.592. The topological polar surface area (TPSA) is 0 Å². The Kier molecular flexibility index (Phi) is 4.22. The first kappa shape index (κ1) is 13.0. The van der Waals surface area contributed by atoms with Crippen molar-refractivity contribution in [3.05, 3.63) is 57.0 Å². The van der Waals surface area contributed by atoms with Crippen LogP contribution in [-0.4, -0.2) is 0 Å². The standard InChI is InChI=1S/C13H8Cl4/c14-7-8-3-9(5-11(16)4-8)12-6-10(15)1-2-13(12)17/h1-6H,7H2. The summed E-state index contributed by atoms with van der Waals surface area (Å²) in [6.07, 6.45) is 0. The van der Waals surface area contributed by atoms with Gasteiger partial charge in [0.2, 0.25) is 0 Å². The van der Waals surface area contributed by atoms with E-state index in [1.165, 1.54) is 0 Å². The van der Waals surface area contributed by atoms with E-state index >= 15 is 0 Å². The summed E-state index contributed by atoms with van der Waals surface area (Å²) in [7, 11) is 0. The molecule has 0 fully saturated rings. The molecule has 0 saturated carbocycles. The van der Waals surface area contributed by atoms with E-state index in [2.05, 4.69) is 0 Å². The molecule has 2 aromatic carbocycles. The van der Waals surface area contributed by atoms with Gasteiger partial charge in [-0.1, -0.05) is 34.8 Å². The molecule has 0 aliphatic rings. The van der Waals surface area contributed by atoms with E-state index in [9.17, 15) is 0 Å². The van der Waals surface area contributed by atoms with Gasteiger partial charge in [0.25, 0.3) is 0 Å².